The van der Waals surface area contributed by atoms with Crippen molar-refractivity contribution in [3.63, 3.8) is 0 Å². The number of carbonyl (C=O) groups excluding carboxylic acids is 3. The molecule has 1 aliphatic heterocycles. The molecular formula is C29H31N5O5S. The van der Waals surface area contributed by atoms with Crippen molar-refractivity contribution in [1.82, 2.24) is 19.6 Å². The Morgan fingerprint density at radius 2 is 1.75 bits per heavy atom. The van der Waals surface area contributed by atoms with Crippen molar-refractivity contribution in [3.8, 4) is 10.4 Å². The highest BCUT2D eigenvalue weighted by atomic mass is 32.1. The lowest BCUT2D eigenvalue weighted by atomic mass is 10.0. The predicted molar refractivity (Wildman–Crippen MR) is 152 cm³/mol. The number of fused-ring (bicyclic) bond motifs is 1. The van der Waals surface area contributed by atoms with E-state index in [2.05, 4.69) is 15.6 Å². The molecule has 0 spiro atoms. The highest BCUT2D eigenvalue weighted by molar-refractivity contribution is 7.20. The highest BCUT2D eigenvalue weighted by Gasteiger charge is 2.38. The van der Waals surface area contributed by atoms with Crippen LogP contribution in [0.15, 0.2) is 73.1 Å². The lowest BCUT2D eigenvalue weighted by molar-refractivity contribution is -0.148. The molecule has 1 fully saturated rings. The summed E-state index contributed by atoms with van der Waals surface area (Å²) in [6.45, 7) is 5.72. The summed E-state index contributed by atoms with van der Waals surface area (Å²) in [5.41, 5.74) is 0.924. The van der Waals surface area contributed by atoms with Crippen LogP contribution in [-0.4, -0.2) is 63.6 Å². The Bertz CT molecular complexity index is 1460. The van der Waals surface area contributed by atoms with Gasteiger partial charge in [-0.1, -0.05) is 72.0 Å². The third-order valence-corrected chi connectivity index (χ3v) is 7.27. The fourth-order valence-corrected chi connectivity index (χ4v) is 5.38. The molecule has 2 N–H and O–H groups in total. The van der Waals surface area contributed by atoms with E-state index < -0.39 is 35.6 Å². The minimum absolute atomic E-state index is 0.0197. The van der Waals surface area contributed by atoms with E-state index in [1.165, 1.54) is 16.2 Å². The Balaban J connectivity index is 1.33. The molecule has 10 nitrogen and oxygen atoms in total. The van der Waals surface area contributed by atoms with Crippen LogP contribution in [0, 0.1) is 0 Å². The molecule has 0 unspecified atom stereocenters. The Kier molecular flexibility index (Phi) is 7.85. The zero-order chi connectivity index (χ0) is 28.3. The summed E-state index contributed by atoms with van der Waals surface area (Å²) in [6.07, 6.45) is 2.98. The van der Waals surface area contributed by atoms with Gasteiger partial charge >= 0.3 is 6.09 Å². The molecular weight excluding hydrogens is 530 g/mol. The summed E-state index contributed by atoms with van der Waals surface area (Å²) in [4.78, 5) is 47.7. The summed E-state index contributed by atoms with van der Waals surface area (Å²) in [7, 11) is 0. The zero-order valence-corrected chi connectivity index (χ0v) is 23.3. The molecule has 4 aromatic rings. The smallest absolute Gasteiger partial charge is 0.408 e. The van der Waals surface area contributed by atoms with E-state index in [4.69, 9.17) is 9.47 Å². The van der Waals surface area contributed by atoms with Gasteiger partial charge in [-0.2, -0.15) is 0 Å². The maximum atomic E-state index is 13.8. The third kappa shape index (κ3) is 6.32. The number of nitrogens with zero attached hydrogens (tertiary/aromatic N) is 3. The quantitative estimate of drug-likeness (QED) is 0.359. The first-order valence-corrected chi connectivity index (χ1v) is 13.8. The molecule has 11 heteroatoms. The minimum atomic E-state index is -1.04. The first-order valence-electron chi connectivity index (χ1n) is 13.0. The summed E-state index contributed by atoms with van der Waals surface area (Å²) in [5, 5.41) is 5.52. The maximum absolute atomic E-state index is 13.8. The van der Waals surface area contributed by atoms with Crippen LogP contribution in [0.2, 0.25) is 0 Å². The van der Waals surface area contributed by atoms with E-state index in [0.29, 0.717) is 11.4 Å². The first kappa shape index (κ1) is 27.4. The van der Waals surface area contributed by atoms with Gasteiger partial charge in [-0.3, -0.25) is 14.0 Å². The van der Waals surface area contributed by atoms with Crippen LogP contribution in [-0.2, 0) is 19.1 Å². The number of aromatic nitrogens is 2. The summed E-state index contributed by atoms with van der Waals surface area (Å²) in [5.74, 6) is -0.481. The van der Waals surface area contributed by atoms with Crippen LogP contribution in [0.5, 0.6) is 0 Å². The lowest BCUT2D eigenvalue weighted by Crippen LogP contribution is -2.57. The molecule has 40 heavy (non-hydrogen) atoms. The third-order valence-electron chi connectivity index (χ3n) is 6.22. The number of hydrogen-bond acceptors (Lipinski definition) is 7. The second-order valence-corrected chi connectivity index (χ2v) is 11.4. The summed E-state index contributed by atoms with van der Waals surface area (Å²) >= 11 is 1.51. The van der Waals surface area contributed by atoms with E-state index in [-0.39, 0.29) is 19.8 Å². The van der Waals surface area contributed by atoms with Crippen molar-refractivity contribution in [3.05, 3.63) is 78.6 Å². The summed E-state index contributed by atoms with van der Waals surface area (Å²) < 4.78 is 12.8. The number of rotatable bonds is 6. The number of carbonyl (C=O) groups is 3. The van der Waals surface area contributed by atoms with Gasteiger partial charge in [0.05, 0.1) is 24.3 Å². The number of alkyl carbamates (subject to hydrolysis) is 1. The second kappa shape index (κ2) is 11.5. The lowest BCUT2D eigenvalue weighted by Gasteiger charge is -2.36. The van der Waals surface area contributed by atoms with Crippen LogP contribution in [0.4, 0.5) is 10.6 Å². The van der Waals surface area contributed by atoms with Crippen LogP contribution in [0.1, 0.15) is 32.4 Å². The van der Waals surface area contributed by atoms with Crippen molar-refractivity contribution in [1.29, 1.82) is 0 Å². The van der Waals surface area contributed by atoms with Gasteiger partial charge in [0.1, 0.15) is 17.7 Å². The second-order valence-electron chi connectivity index (χ2n) is 10.4. The number of morpholine rings is 1. The van der Waals surface area contributed by atoms with E-state index >= 15 is 0 Å². The molecule has 3 amide bonds. The molecule has 0 radical (unpaired) electrons. The van der Waals surface area contributed by atoms with Crippen molar-refractivity contribution in [2.45, 2.75) is 38.5 Å². The zero-order valence-electron chi connectivity index (χ0n) is 22.5. The first-order chi connectivity index (χ1) is 19.2. The number of hydrogen-bond donors (Lipinski definition) is 2. The molecule has 1 saturated heterocycles. The number of imidazole rings is 1. The van der Waals surface area contributed by atoms with Crippen LogP contribution in [0.3, 0.4) is 0 Å². The number of thiazole rings is 1. The van der Waals surface area contributed by atoms with Gasteiger partial charge in [0.15, 0.2) is 10.8 Å². The molecule has 0 saturated carbocycles. The van der Waals surface area contributed by atoms with Gasteiger partial charge in [-0.15, -0.1) is 0 Å². The molecule has 1 aliphatic rings. The molecule has 2 atom stereocenters. The highest BCUT2D eigenvalue weighted by Crippen LogP contribution is 2.29. The van der Waals surface area contributed by atoms with Gasteiger partial charge in [0.2, 0.25) is 0 Å². The maximum Gasteiger partial charge on any atom is 0.408 e. The monoisotopic (exact) mass is 561 g/mol. The van der Waals surface area contributed by atoms with Gasteiger partial charge in [-0.05, 0) is 31.9 Å². The summed E-state index contributed by atoms with van der Waals surface area (Å²) in [6, 6.07) is 16.9. The van der Waals surface area contributed by atoms with Gasteiger partial charge in [0, 0.05) is 12.7 Å². The molecule has 2 aromatic carbocycles. The Hall–Kier alpha value is -4.22. The molecule has 208 valence electrons. The van der Waals surface area contributed by atoms with Gasteiger partial charge < -0.3 is 25.0 Å². The van der Waals surface area contributed by atoms with E-state index in [9.17, 15) is 14.4 Å². The average molecular weight is 562 g/mol. The number of anilines is 1. The molecule has 2 aromatic heterocycles. The molecule has 5 rings (SSSR count). The van der Waals surface area contributed by atoms with Crippen molar-refractivity contribution >= 4 is 40.0 Å². The minimum Gasteiger partial charge on any atom is -0.444 e. The average Bonchev–Trinajstić information content (AvgIpc) is 3.50. The Morgan fingerprint density at radius 1 is 1.05 bits per heavy atom. The SMILES string of the molecule is CC(C)(C)OC(=O)N[C@@H](C(=O)N1CCOC[C@H]1C(=O)Nc1cn2cc(-c3ccccc3)sc2n1)c1ccccc1. The Labute approximate surface area is 235 Å². The van der Waals surface area contributed by atoms with Crippen LogP contribution in [0.25, 0.3) is 15.4 Å². The molecule has 0 aliphatic carbocycles. The fourth-order valence-electron chi connectivity index (χ4n) is 4.41. The fraction of sp³-hybridized carbons (Fsp3) is 0.310. The van der Waals surface area contributed by atoms with Crippen molar-refractivity contribution in [2.24, 2.45) is 0 Å². The van der Waals surface area contributed by atoms with Crippen LogP contribution < -0.4 is 10.6 Å². The molecule has 0 bridgehead atoms. The standard InChI is InChI=1S/C29H31N5O5S/c1-29(2,3)39-28(37)32-24(20-12-8-5-9-13-20)26(36)34-14-15-38-18-21(34)25(35)30-23-17-33-16-22(40-27(33)31-23)19-10-6-4-7-11-19/h4-13,16-17,21,24H,14-15,18H2,1-3H3,(H,30,35)(H,32,37)/t21-,24+/m0/s1. The van der Waals surface area contributed by atoms with E-state index in [1.807, 2.05) is 47.0 Å². The number of ether oxygens (including phenoxy) is 2. The van der Waals surface area contributed by atoms with Crippen molar-refractivity contribution in [2.75, 3.05) is 25.1 Å². The van der Waals surface area contributed by atoms with Gasteiger partial charge in [0.25, 0.3) is 11.8 Å². The van der Waals surface area contributed by atoms with E-state index in [1.54, 1.807) is 51.2 Å². The number of nitrogens with one attached hydrogen (secondary N) is 2. The number of benzene rings is 2. The largest absolute Gasteiger partial charge is 0.444 e. The predicted octanol–water partition coefficient (Wildman–Crippen LogP) is 4.49. The normalized spacial score (nSPS) is 16.4. The number of amides is 3. The van der Waals surface area contributed by atoms with Crippen molar-refractivity contribution < 1.29 is 23.9 Å². The topological polar surface area (TPSA) is 114 Å². The molecule has 3 heterocycles. The van der Waals surface area contributed by atoms with E-state index in [0.717, 1.165) is 15.4 Å². The Morgan fingerprint density at radius 3 is 2.42 bits per heavy atom. The van der Waals surface area contributed by atoms with Gasteiger partial charge in [-0.25, -0.2) is 9.78 Å². The van der Waals surface area contributed by atoms with Crippen LogP contribution >= 0.6 is 11.3 Å².